The molecule has 8 heteroatoms. The number of amides is 2. The number of rotatable bonds is 6. The lowest BCUT2D eigenvalue weighted by Gasteiger charge is -2.19. The van der Waals surface area contributed by atoms with Crippen molar-refractivity contribution in [2.24, 2.45) is 10.1 Å². The summed E-state index contributed by atoms with van der Waals surface area (Å²) in [4.78, 5) is 30.3. The van der Waals surface area contributed by atoms with Crippen molar-refractivity contribution in [3.8, 4) is 0 Å². The number of amidine groups is 1. The molecule has 0 unspecified atom stereocenters. The van der Waals surface area contributed by atoms with E-state index in [0.29, 0.717) is 23.9 Å². The van der Waals surface area contributed by atoms with Gasteiger partial charge in [0, 0.05) is 23.9 Å². The summed E-state index contributed by atoms with van der Waals surface area (Å²) in [6, 6.07) is 7.88. The van der Waals surface area contributed by atoms with Crippen LogP contribution in [0.25, 0.3) is 0 Å². The molecule has 0 aromatic heterocycles. The highest BCUT2D eigenvalue weighted by Gasteiger charge is 2.19. The summed E-state index contributed by atoms with van der Waals surface area (Å²) in [5.41, 5.74) is 5.19. The molecule has 1 saturated heterocycles. The van der Waals surface area contributed by atoms with Crippen LogP contribution in [-0.4, -0.2) is 52.5 Å². The van der Waals surface area contributed by atoms with Gasteiger partial charge in [0.2, 0.25) is 5.91 Å². The maximum atomic E-state index is 12.2. The Morgan fingerprint density at radius 1 is 1.28 bits per heavy atom. The average molecular weight is 416 g/mol. The van der Waals surface area contributed by atoms with E-state index in [1.165, 1.54) is 0 Å². The van der Waals surface area contributed by atoms with Gasteiger partial charge in [-0.3, -0.25) is 14.6 Å². The highest BCUT2D eigenvalue weighted by molar-refractivity contribution is 8.15. The largest absolute Gasteiger partial charge is 0.335 e. The number of anilines is 1. The van der Waals surface area contributed by atoms with Gasteiger partial charge in [-0.15, -0.1) is 0 Å². The molecular weight excluding hydrogens is 386 g/mol. The number of carbonyl (C=O) groups excluding carboxylic acids is 2. The van der Waals surface area contributed by atoms with E-state index in [-0.39, 0.29) is 18.4 Å². The summed E-state index contributed by atoms with van der Waals surface area (Å²) in [7, 11) is 0. The number of hydrogen-bond acceptors (Lipinski definition) is 6. The molecule has 0 bridgehead atoms. The van der Waals surface area contributed by atoms with Crippen molar-refractivity contribution >= 4 is 40.1 Å². The fraction of sp³-hybridized carbons (Fsp3) is 0.524. The lowest BCUT2D eigenvalue weighted by molar-refractivity contribution is -0.135. The summed E-state index contributed by atoms with van der Waals surface area (Å²) < 4.78 is 0. The lowest BCUT2D eigenvalue weighted by Crippen LogP contribution is -2.39. The zero-order valence-corrected chi connectivity index (χ0v) is 17.9. The quantitative estimate of drug-likeness (QED) is 0.552. The van der Waals surface area contributed by atoms with Gasteiger partial charge in [-0.1, -0.05) is 37.2 Å². The summed E-state index contributed by atoms with van der Waals surface area (Å²) in [5.74, 6) is -0.212. The molecule has 7 nitrogen and oxygen atoms in total. The van der Waals surface area contributed by atoms with Gasteiger partial charge >= 0.3 is 0 Å². The summed E-state index contributed by atoms with van der Waals surface area (Å²) >= 11 is 1.78. The van der Waals surface area contributed by atoms with Gasteiger partial charge in [0.15, 0.2) is 5.17 Å². The molecule has 2 amide bonds. The van der Waals surface area contributed by atoms with Gasteiger partial charge in [-0.05, 0) is 43.9 Å². The monoisotopic (exact) mass is 415 g/mol. The van der Waals surface area contributed by atoms with Gasteiger partial charge in [0.1, 0.15) is 6.54 Å². The van der Waals surface area contributed by atoms with Crippen molar-refractivity contribution in [3.05, 3.63) is 29.8 Å². The molecule has 1 aromatic rings. The standard InChI is InChI=1S/C21H29N5O2S/c1-3-18-13-22-21(29-18)23-17-10-8-16(9-11-17)15(2)24-25-19(27)14-26-12-6-4-5-7-20(26)28/h8-11,18H,3-7,12-14H2,1-2H3,(H,22,23)(H,25,27)/b24-15-/t18-/m0/s1. The van der Waals surface area contributed by atoms with E-state index < -0.39 is 0 Å². The molecule has 2 N–H and O–H groups in total. The van der Waals surface area contributed by atoms with Gasteiger partial charge in [-0.25, -0.2) is 5.43 Å². The van der Waals surface area contributed by atoms with Crippen LogP contribution in [0.2, 0.25) is 0 Å². The van der Waals surface area contributed by atoms with Crippen LogP contribution in [0.5, 0.6) is 0 Å². The molecule has 0 saturated carbocycles. The van der Waals surface area contributed by atoms with Crippen molar-refractivity contribution < 1.29 is 9.59 Å². The number of aliphatic imine (C=N–C) groups is 1. The first kappa shape index (κ1) is 21.4. The van der Waals surface area contributed by atoms with E-state index in [2.05, 4.69) is 27.8 Å². The third kappa shape index (κ3) is 6.32. The van der Waals surface area contributed by atoms with Crippen LogP contribution in [0.4, 0.5) is 5.69 Å². The summed E-state index contributed by atoms with van der Waals surface area (Å²) in [6.45, 7) is 5.61. The van der Waals surface area contributed by atoms with Crippen LogP contribution < -0.4 is 10.7 Å². The maximum absolute atomic E-state index is 12.2. The average Bonchev–Trinajstić information content (AvgIpc) is 3.09. The molecule has 0 aliphatic carbocycles. The van der Waals surface area contributed by atoms with Crippen molar-refractivity contribution in [3.63, 3.8) is 0 Å². The number of benzene rings is 1. The fourth-order valence-corrected chi connectivity index (χ4v) is 4.20. The molecule has 1 atom stereocenters. The Labute approximate surface area is 176 Å². The Morgan fingerprint density at radius 3 is 2.79 bits per heavy atom. The van der Waals surface area contributed by atoms with Gasteiger partial charge in [0.05, 0.1) is 12.3 Å². The van der Waals surface area contributed by atoms with Crippen LogP contribution in [0.1, 0.15) is 51.5 Å². The minimum atomic E-state index is -0.264. The number of hydrogen-bond donors (Lipinski definition) is 2. The van der Waals surface area contributed by atoms with Crippen LogP contribution >= 0.6 is 11.8 Å². The van der Waals surface area contributed by atoms with Crippen molar-refractivity contribution in [2.45, 2.75) is 51.2 Å². The predicted octanol–water partition coefficient (Wildman–Crippen LogP) is 3.22. The maximum Gasteiger partial charge on any atom is 0.259 e. The molecule has 1 aromatic carbocycles. The van der Waals surface area contributed by atoms with Crippen LogP contribution in [0, 0.1) is 0 Å². The third-order valence-corrected chi connectivity index (χ3v) is 6.35. The molecular formula is C21H29N5O2S. The van der Waals surface area contributed by atoms with Gasteiger partial charge in [-0.2, -0.15) is 5.10 Å². The number of hydrazone groups is 1. The molecule has 0 spiro atoms. The minimum Gasteiger partial charge on any atom is -0.335 e. The number of likely N-dealkylation sites (tertiary alicyclic amines) is 1. The molecule has 29 heavy (non-hydrogen) atoms. The SMILES string of the molecule is CC[C@H]1CN=C(Nc2ccc(/C(C)=N\NC(=O)CN3CCCCCC3=O)cc2)S1. The van der Waals surface area contributed by atoms with Crippen molar-refractivity contribution in [2.75, 3.05) is 25.0 Å². The number of thioether (sulfide) groups is 1. The van der Waals surface area contributed by atoms with Crippen molar-refractivity contribution in [1.82, 2.24) is 10.3 Å². The minimum absolute atomic E-state index is 0.0525. The van der Waals surface area contributed by atoms with E-state index >= 15 is 0 Å². The fourth-order valence-electron chi connectivity index (χ4n) is 3.24. The second kappa shape index (κ2) is 10.4. The molecule has 2 aliphatic rings. The Bertz CT molecular complexity index is 791. The zero-order valence-electron chi connectivity index (χ0n) is 17.1. The smallest absolute Gasteiger partial charge is 0.259 e. The van der Waals surface area contributed by atoms with E-state index in [0.717, 1.165) is 48.6 Å². The van der Waals surface area contributed by atoms with E-state index in [1.807, 2.05) is 31.2 Å². The first-order valence-corrected chi connectivity index (χ1v) is 11.1. The summed E-state index contributed by atoms with van der Waals surface area (Å²) in [5, 5.41) is 9.07. The predicted molar refractivity (Wildman–Crippen MR) is 119 cm³/mol. The molecule has 156 valence electrons. The Morgan fingerprint density at radius 2 is 2.07 bits per heavy atom. The zero-order chi connectivity index (χ0) is 20.6. The van der Waals surface area contributed by atoms with Crippen LogP contribution in [0.3, 0.4) is 0 Å². The molecule has 1 fully saturated rings. The molecule has 3 rings (SSSR count). The first-order chi connectivity index (χ1) is 14.0. The Kier molecular flexibility index (Phi) is 7.69. The number of nitrogens with one attached hydrogen (secondary N) is 2. The highest BCUT2D eigenvalue weighted by Crippen LogP contribution is 2.24. The molecule has 2 heterocycles. The van der Waals surface area contributed by atoms with Gasteiger partial charge in [0.25, 0.3) is 5.91 Å². The lowest BCUT2D eigenvalue weighted by atomic mass is 10.1. The highest BCUT2D eigenvalue weighted by atomic mass is 32.2. The Balaban J connectivity index is 1.50. The molecule has 2 aliphatic heterocycles. The number of nitrogens with zero attached hydrogens (tertiary/aromatic N) is 3. The van der Waals surface area contributed by atoms with E-state index in [4.69, 9.17) is 0 Å². The second-order valence-corrected chi connectivity index (χ2v) is 8.64. The van der Waals surface area contributed by atoms with E-state index in [1.54, 1.807) is 16.7 Å². The third-order valence-electron chi connectivity index (χ3n) is 5.08. The van der Waals surface area contributed by atoms with Crippen molar-refractivity contribution in [1.29, 1.82) is 0 Å². The summed E-state index contributed by atoms with van der Waals surface area (Å²) in [6.07, 6.45) is 4.54. The number of carbonyl (C=O) groups is 2. The Hall–Kier alpha value is -2.35. The van der Waals surface area contributed by atoms with Gasteiger partial charge < -0.3 is 10.2 Å². The van der Waals surface area contributed by atoms with Crippen LogP contribution in [0.15, 0.2) is 34.4 Å². The first-order valence-electron chi connectivity index (χ1n) is 10.2. The normalized spacial score (nSPS) is 20.3. The topological polar surface area (TPSA) is 86.2 Å². The van der Waals surface area contributed by atoms with Crippen LogP contribution in [-0.2, 0) is 9.59 Å². The van der Waals surface area contributed by atoms with E-state index in [9.17, 15) is 9.59 Å². The second-order valence-electron chi connectivity index (χ2n) is 7.35. The molecule has 0 radical (unpaired) electrons.